The van der Waals surface area contributed by atoms with Crippen LogP contribution >= 0.6 is 0 Å². The van der Waals surface area contributed by atoms with E-state index in [0.717, 1.165) is 6.54 Å². The number of aryl methyl sites for hydroxylation is 1. The third-order valence-corrected chi connectivity index (χ3v) is 2.33. The molecule has 3 nitrogen and oxygen atoms in total. The van der Waals surface area contributed by atoms with Crippen molar-refractivity contribution in [2.45, 2.75) is 26.4 Å². The first-order chi connectivity index (χ1) is 7.13. The molecular formula is C12H18N2O. The summed E-state index contributed by atoms with van der Waals surface area (Å²) in [4.78, 5) is 11.2. The number of nitrogens with one attached hydrogen (secondary N) is 2. The maximum Gasteiger partial charge on any atom is 0.236 e. The fourth-order valence-corrected chi connectivity index (χ4v) is 1.40. The average Bonchev–Trinajstić information content (AvgIpc) is 2.25. The van der Waals surface area contributed by atoms with Crippen molar-refractivity contribution in [3.05, 3.63) is 35.4 Å². The van der Waals surface area contributed by atoms with Crippen LogP contribution in [0.2, 0.25) is 0 Å². The molecule has 0 spiro atoms. The van der Waals surface area contributed by atoms with Crippen LogP contribution < -0.4 is 10.6 Å². The summed E-state index contributed by atoms with van der Waals surface area (Å²) < 4.78 is 0. The monoisotopic (exact) mass is 206 g/mol. The van der Waals surface area contributed by atoms with Gasteiger partial charge >= 0.3 is 0 Å². The fraction of sp³-hybridized carbons (Fsp3) is 0.417. The minimum absolute atomic E-state index is 0.0163. The topological polar surface area (TPSA) is 41.1 Å². The number of carbonyl (C=O) groups excluding carboxylic acids is 1. The summed E-state index contributed by atoms with van der Waals surface area (Å²) in [5, 5.41) is 5.78. The van der Waals surface area contributed by atoms with E-state index in [2.05, 4.69) is 35.8 Å². The van der Waals surface area contributed by atoms with E-state index in [4.69, 9.17) is 0 Å². The van der Waals surface area contributed by atoms with Crippen LogP contribution in [0.5, 0.6) is 0 Å². The van der Waals surface area contributed by atoms with Gasteiger partial charge in [0.1, 0.15) is 0 Å². The third kappa shape index (κ3) is 3.72. The van der Waals surface area contributed by atoms with Gasteiger partial charge in [-0.15, -0.1) is 0 Å². The van der Waals surface area contributed by atoms with Crippen molar-refractivity contribution in [1.82, 2.24) is 10.6 Å². The van der Waals surface area contributed by atoms with E-state index >= 15 is 0 Å². The molecule has 0 saturated carbocycles. The summed E-state index contributed by atoms with van der Waals surface area (Å²) >= 11 is 0. The molecule has 0 radical (unpaired) electrons. The number of carbonyl (C=O) groups is 1. The van der Waals surface area contributed by atoms with Gasteiger partial charge in [0.05, 0.1) is 6.04 Å². The Morgan fingerprint density at radius 2 is 2.20 bits per heavy atom. The van der Waals surface area contributed by atoms with E-state index in [0.29, 0.717) is 0 Å². The van der Waals surface area contributed by atoms with Crippen LogP contribution in [0.15, 0.2) is 24.3 Å². The van der Waals surface area contributed by atoms with Gasteiger partial charge in [-0.3, -0.25) is 4.79 Å². The second-order valence-corrected chi connectivity index (χ2v) is 3.71. The zero-order valence-electron chi connectivity index (χ0n) is 9.50. The van der Waals surface area contributed by atoms with E-state index in [-0.39, 0.29) is 11.9 Å². The smallest absolute Gasteiger partial charge is 0.236 e. The lowest BCUT2D eigenvalue weighted by Gasteiger charge is -2.12. The zero-order valence-corrected chi connectivity index (χ0v) is 9.50. The van der Waals surface area contributed by atoms with Gasteiger partial charge in [0.15, 0.2) is 0 Å². The van der Waals surface area contributed by atoms with Crippen LogP contribution in [-0.4, -0.2) is 19.0 Å². The quantitative estimate of drug-likeness (QED) is 0.777. The summed E-state index contributed by atoms with van der Waals surface area (Å²) in [6, 6.07) is 8.10. The second-order valence-electron chi connectivity index (χ2n) is 3.71. The first kappa shape index (κ1) is 11.7. The third-order valence-electron chi connectivity index (χ3n) is 2.33. The molecular weight excluding hydrogens is 188 g/mol. The Morgan fingerprint density at radius 3 is 2.80 bits per heavy atom. The van der Waals surface area contributed by atoms with Gasteiger partial charge in [-0.25, -0.2) is 0 Å². The molecule has 0 fully saturated rings. The molecule has 0 aliphatic carbocycles. The van der Waals surface area contributed by atoms with Crippen LogP contribution in [0, 0.1) is 6.92 Å². The van der Waals surface area contributed by atoms with Gasteiger partial charge in [-0.1, -0.05) is 29.8 Å². The van der Waals surface area contributed by atoms with E-state index in [1.54, 1.807) is 7.05 Å². The summed E-state index contributed by atoms with van der Waals surface area (Å²) in [6.45, 7) is 4.64. The summed E-state index contributed by atoms with van der Waals surface area (Å²) in [6.07, 6.45) is 0. The normalized spacial score (nSPS) is 12.2. The Labute approximate surface area is 90.9 Å². The van der Waals surface area contributed by atoms with Crippen molar-refractivity contribution in [2.75, 3.05) is 7.05 Å². The van der Waals surface area contributed by atoms with Crippen LogP contribution in [0.3, 0.4) is 0 Å². The van der Waals surface area contributed by atoms with Gasteiger partial charge in [-0.05, 0) is 19.4 Å². The molecule has 82 valence electrons. The second kappa shape index (κ2) is 5.51. The first-order valence-corrected chi connectivity index (χ1v) is 5.14. The highest BCUT2D eigenvalue weighted by Gasteiger charge is 2.08. The van der Waals surface area contributed by atoms with Crippen molar-refractivity contribution in [3.8, 4) is 0 Å². The van der Waals surface area contributed by atoms with Crippen molar-refractivity contribution in [1.29, 1.82) is 0 Å². The molecule has 0 bridgehead atoms. The lowest BCUT2D eigenvalue weighted by molar-refractivity contribution is -0.122. The first-order valence-electron chi connectivity index (χ1n) is 5.14. The SMILES string of the molecule is CNC(=O)C(C)NCc1cccc(C)c1. The lowest BCUT2D eigenvalue weighted by atomic mass is 10.1. The highest BCUT2D eigenvalue weighted by molar-refractivity contribution is 5.80. The van der Waals surface area contributed by atoms with Gasteiger partial charge < -0.3 is 10.6 Å². The van der Waals surface area contributed by atoms with Crippen molar-refractivity contribution in [3.63, 3.8) is 0 Å². The molecule has 1 rings (SSSR count). The molecule has 15 heavy (non-hydrogen) atoms. The molecule has 1 amide bonds. The number of likely N-dealkylation sites (N-methyl/N-ethyl adjacent to an activating group) is 1. The van der Waals surface area contributed by atoms with Crippen LogP contribution in [0.1, 0.15) is 18.1 Å². The maximum absolute atomic E-state index is 11.2. The highest BCUT2D eigenvalue weighted by atomic mass is 16.2. The molecule has 0 saturated heterocycles. The van der Waals surface area contributed by atoms with Crippen molar-refractivity contribution >= 4 is 5.91 Å². The summed E-state index contributed by atoms with van der Waals surface area (Å²) in [5.41, 5.74) is 2.44. The minimum Gasteiger partial charge on any atom is -0.358 e. The van der Waals surface area contributed by atoms with Gasteiger partial charge in [0.2, 0.25) is 5.91 Å². The molecule has 1 atom stereocenters. The van der Waals surface area contributed by atoms with Gasteiger partial charge in [0.25, 0.3) is 0 Å². The van der Waals surface area contributed by atoms with Crippen LogP contribution in [0.4, 0.5) is 0 Å². The minimum atomic E-state index is -0.157. The predicted octanol–water partition coefficient (Wildman–Crippen LogP) is 1.22. The largest absolute Gasteiger partial charge is 0.358 e. The molecule has 1 unspecified atom stereocenters. The van der Waals surface area contributed by atoms with Crippen molar-refractivity contribution in [2.24, 2.45) is 0 Å². The van der Waals surface area contributed by atoms with Gasteiger partial charge in [0, 0.05) is 13.6 Å². The maximum atomic E-state index is 11.2. The Bertz CT molecular complexity index is 336. The van der Waals surface area contributed by atoms with Crippen molar-refractivity contribution < 1.29 is 4.79 Å². The Morgan fingerprint density at radius 1 is 1.47 bits per heavy atom. The number of hydrogen-bond donors (Lipinski definition) is 2. The lowest BCUT2D eigenvalue weighted by Crippen LogP contribution is -2.40. The Balaban J connectivity index is 2.47. The van der Waals surface area contributed by atoms with E-state index < -0.39 is 0 Å². The fourth-order valence-electron chi connectivity index (χ4n) is 1.40. The highest BCUT2D eigenvalue weighted by Crippen LogP contribution is 2.03. The summed E-state index contributed by atoms with van der Waals surface area (Å²) in [5.74, 6) is 0.0163. The molecule has 1 aromatic carbocycles. The molecule has 0 aliphatic rings. The molecule has 0 heterocycles. The number of amides is 1. The standard InChI is InChI=1S/C12H18N2O/c1-9-5-4-6-11(7-9)8-14-10(2)12(15)13-3/h4-7,10,14H,8H2,1-3H3,(H,13,15). The molecule has 0 aromatic heterocycles. The number of benzene rings is 1. The molecule has 0 aliphatic heterocycles. The van der Waals surface area contributed by atoms with E-state index in [1.807, 2.05) is 13.0 Å². The van der Waals surface area contributed by atoms with Crippen LogP contribution in [-0.2, 0) is 11.3 Å². The Kier molecular flexibility index (Phi) is 4.31. The molecule has 1 aromatic rings. The molecule has 3 heteroatoms. The predicted molar refractivity (Wildman–Crippen MR) is 61.5 cm³/mol. The zero-order chi connectivity index (χ0) is 11.3. The number of rotatable bonds is 4. The van der Waals surface area contributed by atoms with E-state index in [9.17, 15) is 4.79 Å². The number of hydrogen-bond acceptors (Lipinski definition) is 2. The summed E-state index contributed by atoms with van der Waals surface area (Å²) in [7, 11) is 1.65. The average molecular weight is 206 g/mol. The Hall–Kier alpha value is -1.35. The molecule has 2 N–H and O–H groups in total. The van der Waals surface area contributed by atoms with Gasteiger partial charge in [-0.2, -0.15) is 0 Å². The van der Waals surface area contributed by atoms with E-state index in [1.165, 1.54) is 11.1 Å². The van der Waals surface area contributed by atoms with Crippen LogP contribution in [0.25, 0.3) is 0 Å².